The predicted molar refractivity (Wildman–Crippen MR) is 54.2 cm³/mol. The number of carboxylic acid groups (broad SMARTS) is 1. The first kappa shape index (κ1) is 9.97. The summed E-state index contributed by atoms with van der Waals surface area (Å²) < 4.78 is 0. The van der Waals surface area contributed by atoms with Gasteiger partial charge in [-0.1, -0.05) is 6.92 Å². The summed E-state index contributed by atoms with van der Waals surface area (Å²) in [4.78, 5) is 13.0. The molecule has 1 N–H and O–H groups in total. The van der Waals surface area contributed by atoms with Gasteiger partial charge in [-0.2, -0.15) is 0 Å². The molecule has 2 rings (SSSR count). The van der Waals surface area contributed by atoms with E-state index in [2.05, 4.69) is 11.8 Å². The van der Waals surface area contributed by atoms with Crippen molar-refractivity contribution in [3.63, 3.8) is 0 Å². The van der Waals surface area contributed by atoms with Gasteiger partial charge < -0.3 is 5.11 Å². The molecule has 2 fully saturated rings. The van der Waals surface area contributed by atoms with Gasteiger partial charge in [-0.15, -0.1) is 0 Å². The van der Waals surface area contributed by atoms with E-state index in [9.17, 15) is 4.79 Å². The highest BCUT2D eigenvalue weighted by Gasteiger charge is 2.41. The molecule has 80 valence electrons. The molecule has 3 heteroatoms. The van der Waals surface area contributed by atoms with Crippen molar-refractivity contribution in [1.82, 2.24) is 4.90 Å². The minimum Gasteiger partial charge on any atom is -0.480 e. The Morgan fingerprint density at radius 2 is 2.07 bits per heavy atom. The zero-order valence-corrected chi connectivity index (χ0v) is 8.78. The number of nitrogens with zero attached hydrogens (tertiary/aromatic N) is 1. The third-order valence-electron chi connectivity index (χ3n) is 3.34. The average molecular weight is 197 g/mol. The van der Waals surface area contributed by atoms with Gasteiger partial charge in [0.1, 0.15) is 0 Å². The fraction of sp³-hybridized carbons (Fsp3) is 0.909. The van der Waals surface area contributed by atoms with Crippen molar-refractivity contribution in [3.05, 3.63) is 0 Å². The molecule has 2 aliphatic carbocycles. The first-order valence-corrected chi connectivity index (χ1v) is 5.70. The van der Waals surface area contributed by atoms with Crippen molar-refractivity contribution >= 4 is 5.97 Å². The van der Waals surface area contributed by atoms with Crippen molar-refractivity contribution in [3.8, 4) is 0 Å². The van der Waals surface area contributed by atoms with Crippen molar-refractivity contribution in [2.24, 2.45) is 5.92 Å². The lowest BCUT2D eigenvalue weighted by Gasteiger charge is -2.29. The second kappa shape index (κ2) is 3.89. The smallest absolute Gasteiger partial charge is 0.317 e. The molecule has 0 aromatic heterocycles. The van der Waals surface area contributed by atoms with E-state index in [1.165, 1.54) is 25.7 Å². The van der Waals surface area contributed by atoms with E-state index in [1.807, 2.05) is 0 Å². The number of hydrogen-bond acceptors (Lipinski definition) is 2. The molecule has 0 amide bonds. The maximum atomic E-state index is 10.8. The van der Waals surface area contributed by atoms with Crippen LogP contribution in [0.1, 0.15) is 39.0 Å². The lowest BCUT2D eigenvalue weighted by atomic mass is 10.1. The Bertz CT molecular complexity index is 221. The Hall–Kier alpha value is -0.570. The molecular formula is C11H19NO2. The molecule has 0 radical (unpaired) electrons. The van der Waals surface area contributed by atoms with E-state index < -0.39 is 5.97 Å². The van der Waals surface area contributed by atoms with Crippen LogP contribution in [0.4, 0.5) is 0 Å². The van der Waals surface area contributed by atoms with E-state index in [-0.39, 0.29) is 6.54 Å². The number of carbonyl (C=O) groups is 1. The summed E-state index contributed by atoms with van der Waals surface area (Å²) in [6, 6.07) is 1.12. The van der Waals surface area contributed by atoms with Gasteiger partial charge >= 0.3 is 5.97 Å². The van der Waals surface area contributed by atoms with Crippen molar-refractivity contribution < 1.29 is 9.90 Å². The van der Waals surface area contributed by atoms with Gasteiger partial charge in [0, 0.05) is 12.1 Å². The standard InChI is InChI=1S/C11H19NO2/c1-2-10(8-3-4-8)12(7-11(13)14)9-5-6-9/h8-10H,2-7H2,1H3,(H,13,14). The zero-order valence-electron chi connectivity index (χ0n) is 8.78. The van der Waals surface area contributed by atoms with Crippen LogP contribution in [0.3, 0.4) is 0 Å². The third kappa shape index (κ3) is 2.27. The Kier molecular flexibility index (Phi) is 2.77. The van der Waals surface area contributed by atoms with Crippen LogP contribution in [0, 0.1) is 5.92 Å². The first-order chi connectivity index (χ1) is 6.72. The van der Waals surface area contributed by atoms with E-state index in [0.29, 0.717) is 12.1 Å². The van der Waals surface area contributed by atoms with E-state index in [1.54, 1.807) is 0 Å². The molecular weight excluding hydrogens is 178 g/mol. The Labute approximate surface area is 85.1 Å². The summed E-state index contributed by atoms with van der Waals surface area (Å²) in [5, 5.41) is 8.87. The fourth-order valence-corrected chi connectivity index (χ4v) is 2.40. The SMILES string of the molecule is CCC(C1CC1)N(CC(=O)O)C1CC1. The number of rotatable bonds is 6. The molecule has 0 aromatic rings. The highest BCUT2D eigenvalue weighted by atomic mass is 16.4. The molecule has 0 aromatic carbocycles. The summed E-state index contributed by atoms with van der Waals surface area (Å²) in [5.74, 6) is 0.121. The number of aliphatic carboxylic acids is 1. The third-order valence-corrected chi connectivity index (χ3v) is 3.34. The summed E-state index contributed by atoms with van der Waals surface area (Å²) in [7, 11) is 0. The molecule has 3 nitrogen and oxygen atoms in total. The molecule has 2 aliphatic rings. The average Bonchev–Trinajstić information content (AvgIpc) is 2.98. The van der Waals surface area contributed by atoms with E-state index >= 15 is 0 Å². The van der Waals surface area contributed by atoms with Crippen LogP contribution >= 0.6 is 0 Å². The molecule has 0 aliphatic heterocycles. The minimum atomic E-state index is -0.670. The van der Waals surface area contributed by atoms with Crippen LogP contribution in [0.2, 0.25) is 0 Å². The van der Waals surface area contributed by atoms with Gasteiger partial charge in [-0.25, -0.2) is 0 Å². The van der Waals surface area contributed by atoms with Gasteiger partial charge in [0.15, 0.2) is 0 Å². The van der Waals surface area contributed by atoms with Crippen LogP contribution in [-0.4, -0.2) is 34.6 Å². The summed E-state index contributed by atoms with van der Waals surface area (Å²) in [6.07, 6.45) is 6.13. The van der Waals surface area contributed by atoms with Crippen LogP contribution in [-0.2, 0) is 4.79 Å². The molecule has 1 unspecified atom stereocenters. The maximum absolute atomic E-state index is 10.8. The lowest BCUT2D eigenvalue weighted by Crippen LogP contribution is -2.41. The molecule has 0 bridgehead atoms. The van der Waals surface area contributed by atoms with Crippen LogP contribution in [0.25, 0.3) is 0 Å². The Morgan fingerprint density at radius 1 is 1.43 bits per heavy atom. The normalized spacial score (nSPS) is 23.9. The van der Waals surface area contributed by atoms with Crippen LogP contribution in [0.15, 0.2) is 0 Å². The number of hydrogen-bond donors (Lipinski definition) is 1. The van der Waals surface area contributed by atoms with Gasteiger partial charge in [-0.3, -0.25) is 9.69 Å². The fourth-order valence-electron chi connectivity index (χ4n) is 2.40. The molecule has 0 heterocycles. The Morgan fingerprint density at radius 3 is 2.43 bits per heavy atom. The molecule has 0 spiro atoms. The van der Waals surface area contributed by atoms with Crippen molar-refractivity contribution in [2.75, 3.05) is 6.54 Å². The number of carboxylic acids is 1. The van der Waals surface area contributed by atoms with Gasteiger partial charge in [0.25, 0.3) is 0 Å². The largest absolute Gasteiger partial charge is 0.480 e. The Balaban J connectivity index is 1.95. The van der Waals surface area contributed by atoms with Crippen molar-refractivity contribution in [2.45, 2.75) is 51.1 Å². The lowest BCUT2D eigenvalue weighted by molar-refractivity contribution is -0.139. The van der Waals surface area contributed by atoms with E-state index in [0.717, 1.165) is 12.3 Å². The molecule has 1 atom stereocenters. The van der Waals surface area contributed by atoms with Gasteiger partial charge in [-0.05, 0) is 38.0 Å². The monoisotopic (exact) mass is 197 g/mol. The van der Waals surface area contributed by atoms with E-state index in [4.69, 9.17) is 5.11 Å². The topological polar surface area (TPSA) is 40.5 Å². The highest BCUT2D eigenvalue weighted by Crippen LogP contribution is 2.40. The van der Waals surface area contributed by atoms with Gasteiger partial charge in [0.2, 0.25) is 0 Å². The second-order valence-electron chi connectivity index (χ2n) is 4.61. The minimum absolute atomic E-state index is 0.250. The maximum Gasteiger partial charge on any atom is 0.317 e. The second-order valence-corrected chi connectivity index (χ2v) is 4.61. The first-order valence-electron chi connectivity index (χ1n) is 5.70. The molecule has 0 saturated heterocycles. The zero-order chi connectivity index (χ0) is 10.1. The summed E-state index contributed by atoms with van der Waals surface area (Å²) in [6.45, 7) is 2.43. The predicted octanol–water partition coefficient (Wildman–Crippen LogP) is 1.72. The highest BCUT2D eigenvalue weighted by molar-refractivity contribution is 5.69. The quantitative estimate of drug-likeness (QED) is 0.705. The van der Waals surface area contributed by atoms with Crippen LogP contribution in [0.5, 0.6) is 0 Å². The molecule has 14 heavy (non-hydrogen) atoms. The van der Waals surface area contributed by atoms with Gasteiger partial charge in [0.05, 0.1) is 6.54 Å². The summed E-state index contributed by atoms with van der Waals surface area (Å²) >= 11 is 0. The molecule has 2 saturated carbocycles. The van der Waals surface area contributed by atoms with Crippen molar-refractivity contribution in [1.29, 1.82) is 0 Å². The van der Waals surface area contributed by atoms with Crippen LogP contribution < -0.4 is 0 Å². The summed E-state index contributed by atoms with van der Waals surface area (Å²) in [5.41, 5.74) is 0.